The molecule has 90 valence electrons. The number of hydrogen-bond donors (Lipinski definition) is 1. The van der Waals surface area contributed by atoms with Crippen molar-refractivity contribution in [1.82, 2.24) is 14.9 Å². The first kappa shape index (κ1) is 11.1. The van der Waals surface area contributed by atoms with Crippen molar-refractivity contribution in [2.45, 2.75) is 25.3 Å². The van der Waals surface area contributed by atoms with Crippen LogP contribution in [0.4, 0.5) is 0 Å². The van der Waals surface area contributed by atoms with Crippen molar-refractivity contribution in [2.75, 3.05) is 6.54 Å². The van der Waals surface area contributed by atoms with Gasteiger partial charge < -0.3 is 9.88 Å². The maximum Gasteiger partial charge on any atom is 0.114 e. The largest absolute Gasteiger partial charge is 0.331 e. The van der Waals surface area contributed by atoms with Crippen LogP contribution < -0.4 is 5.32 Å². The Morgan fingerprint density at radius 2 is 2.29 bits per heavy atom. The Balaban J connectivity index is 2.14. The summed E-state index contributed by atoms with van der Waals surface area (Å²) in [6.07, 6.45) is 1.16. The van der Waals surface area contributed by atoms with E-state index in [1.165, 1.54) is 5.82 Å². The van der Waals surface area contributed by atoms with Crippen LogP contribution in [-0.4, -0.2) is 22.1 Å². The molecule has 1 fully saturated rings. The van der Waals surface area contributed by atoms with Crippen molar-refractivity contribution < 1.29 is 0 Å². The van der Waals surface area contributed by atoms with Gasteiger partial charge in [0.25, 0.3) is 0 Å². The van der Waals surface area contributed by atoms with Crippen molar-refractivity contribution in [1.29, 1.82) is 0 Å². The predicted octanol–water partition coefficient (Wildman–Crippen LogP) is 2.69. The van der Waals surface area contributed by atoms with E-state index in [0.717, 1.165) is 29.0 Å². The predicted molar refractivity (Wildman–Crippen MR) is 70.5 cm³/mol. The molecule has 0 spiro atoms. The third-order valence-electron chi connectivity index (χ3n) is 3.73. The van der Waals surface area contributed by atoms with Crippen LogP contribution in [0.2, 0.25) is 5.02 Å². The van der Waals surface area contributed by atoms with Crippen molar-refractivity contribution in [3.63, 3.8) is 0 Å². The van der Waals surface area contributed by atoms with Crippen LogP contribution in [0.15, 0.2) is 18.2 Å². The molecule has 2 heterocycles. The molecule has 2 unspecified atom stereocenters. The number of hydrogen-bond acceptors (Lipinski definition) is 2. The monoisotopic (exact) mass is 249 g/mol. The minimum atomic E-state index is 0.501. The van der Waals surface area contributed by atoms with E-state index in [-0.39, 0.29) is 0 Å². The second-order valence-corrected chi connectivity index (χ2v) is 5.24. The lowest BCUT2D eigenvalue weighted by atomic mass is 10.0. The molecule has 0 radical (unpaired) electrons. The summed E-state index contributed by atoms with van der Waals surface area (Å²) >= 11 is 6.01. The fraction of sp³-hybridized carbons (Fsp3) is 0.462. The highest BCUT2D eigenvalue weighted by Gasteiger charge is 2.28. The summed E-state index contributed by atoms with van der Waals surface area (Å²) in [5, 5.41) is 4.22. The molecule has 1 aliphatic rings. The van der Waals surface area contributed by atoms with Crippen molar-refractivity contribution in [2.24, 2.45) is 7.05 Å². The Morgan fingerprint density at radius 1 is 1.47 bits per heavy atom. The molecule has 0 aliphatic carbocycles. The molecule has 0 amide bonds. The molecule has 2 atom stereocenters. The number of halogens is 1. The van der Waals surface area contributed by atoms with Gasteiger partial charge in [-0.05, 0) is 38.1 Å². The van der Waals surface area contributed by atoms with E-state index < -0.39 is 0 Å². The van der Waals surface area contributed by atoms with E-state index in [4.69, 9.17) is 16.6 Å². The number of fused-ring (bicyclic) bond motifs is 1. The first-order valence-corrected chi connectivity index (χ1v) is 6.40. The topological polar surface area (TPSA) is 29.9 Å². The first-order valence-electron chi connectivity index (χ1n) is 6.02. The second kappa shape index (κ2) is 4.00. The molecule has 0 bridgehead atoms. The number of aryl methyl sites for hydroxylation is 1. The Hall–Kier alpha value is -1.06. The first-order chi connectivity index (χ1) is 8.16. The maximum atomic E-state index is 6.01. The van der Waals surface area contributed by atoms with Gasteiger partial charge in [0.2, 0.25) is 0 Å². The lowest BCUT2D eigenvalue weighted by molar-refractivity contribution is 0.554. The van der Waals surface area contributed by atoms with Crippen LogP contribution in [0.25, 0.3) is 11.0 Å². The van der Waals surface area contributed by atoms with Gasteiger partial charge in [-0.3, -0.25) is 0 Å². The summed E-state index contributed by atoms with van der Waals surface area (Å²) in [5.74, 6) is 1.67. The van der Waals surface area contributed by atoms with Crippen LogP contribution in [0.5, 0.6) is 0 Å². The highest BCUT2D eigenvalue weighted by atomic mass is 35.5. The minimum Gasteiger partial charge on any atom is -0.331 e. The average molecular weight is 250 g/mol. The van der Waals surface area contributed by atoms with Crippen LogP contribution >= 0.6 is 11.6 Å². The van der Waals surface area contributed by atoms with E-state index in [1.807, 2.05) is 18.2 Å². The van der Waals surface area contributed by atoms with Crippen molar-refractivity contribution in [3.8, 4) is 0 Å². The van der Waals surface area contributed by atoms with Gasteiger partial charge in [0.05, 0.1) is 11.0 Å². The second-order valence-electron chi connectivity index (χ2n) is 4.80. The Bertz CT molecular complexity index is 561. The minimum absolute atomic E-state index is 0.501. The third-order valence-corrected chi connectivity index (χ3v) is 3.97. The lowest BCUT2D eigenvalue weighted by Gasteiger charge is -2.14. The van der Waals surface area contributed by atoms with Gasteiger partial charge >= 0.3 is 0 Å². The molecule has 0 saturated carbocycles. The summed E-state index contributed by atoms with van der Waals surface area (Å²) in [6.45, 7) is 3.31. The Labute approximate surface area is 106 Å². The smallest absolute Gasteiger partial charge is 0.114 e. The zero-order valence-corrected chi connectivity index (χ0v) is 10.8. The number of benzene rings is 1. The van der Waals surface area contributed by atoms with Gasteiger partial charge in [-0.25, -0.2) is 4.98 Å². The fourth-order valence-corrected chi connectivity index (χ4v) is 2.90. The van der Waals surface area contributed by atoms with Crippen molar-refractivity contribution >= 4 is 22.6 Å². The summed E-state index contributed by atoms with van der Waals surface area (Å²) in [4.78, 5) is 4.74. The average Bonchev–Trinajstić information content (AvgIpc) is 2.83. The number of rotatable bonds is 1. The van der Waals surface area contributed by atoms with Crippen LogP contribution in [-0.2, 0) is 7.05 Å². The van der Waals surface area contributed by atoms with Gasteiger partial charge in [0, 0.05) is 24.0 Å². The highest BCUT2D eigenvalue weighted by Crippen LogP contribution is 2.29. The van der Waals surface area contributed by atoms with Gasteiger partial charge in [0.1, 0.15) is 5.82 Å². The molecule has 1 aromatic carbocycles. The Morgan fingerprint density at radius 3 is 3.00 bits per heavy atom. The van der Waals surface area contributed by atoms with E-state index in [0.29, 0.717) is 12.0 Å². The molecular weight excluding hydrogens is 234 g/mol. The van der Waals surface area contributed by atoms with Crippen LogP contribution in [0, 0.1) is 0 Å². The summed E-state index contributed by atoms with van der Waals surface area (Å²) in [6, 6.07) is 6.40. The van der Waals surface area contributed by atoms with E-state index in [2.05, 4.69) is 23.9 Å². The molecule has 17 heavy (non-hydrogen) atoms. The zero-order valence-electron chi connectivity index (χ0n) is 10.1. The van der Waals surface area contributed by atoms with Gasteiger partial charge in [-0.1, -0.05) is 11.6 Å². The number of nitrogens with zero attached hydrogens (tertiary/aromatic N) is 2. The van der Waals surface area contributed by atoms with E-state index >= 15 is 0 Å². The summed E-state index contributed by atoms with van der Waals surface area (Å²) < 4.78 is 2.19. The normalized spacial score (nSPS) is 24.6. The molecule has 1 aliphatic heterocycles. The standard InChI is InChI=1S/C13H16ClN3/c1-8-10(5-6-15-8)13-16-11-7-9(14)3-4-12(11)17(13)2/h3-4,7-8,10,15H,5-6H2,1-2H3. The number of nitrogens with one attached hydrogen (secondary N) is 1. The molecular formula is C13H16ClN3. The third kappa shape index (κ3) is 1.74. The summed E-state index contributed by atoms with van der Waals surface area (Å²) in [5.41, 5.74) is 2.15. The van der Waals surface area contributed by atoms with Gasteiger partial charge in [0.15, 0.2) is 0 Å². The van der Waals surface area contributed by atoms with Gasteiger partial charge in [-0.2, -0.15) is 0 Å². The number of aromatic nitrogens is 2. The van der Waals surface area contributed by atoms with Crippen molar-refractivity contribution in [3.05, 3.63) is 29.0 Å². The van der Waals surface area contributed by atoms with Crippen LogP contribution in [0.1, 0.15) is 25.1 Å². The molecule has 1 aromatic heterocycles. The number of imidazole rings is 1. The maximum absolute atomic E-state index is 6.01. The lowest BCUT2D eigenvalue weighted by Crippen LogP contribution is -2.23. The summed E-state index contributed by atoms with van der Waals surface area (Å²) in [7, 11) is 2.09. The van der Waals surface area contributed by atoms with Gasteiger partial charge in [-0.15, -0.1) is 0 Å². The molecule has 1 N–H and O–H groups in total. The molecule has 4 heteroatoms. The Kier molecular flexibility index (Phi) is 2.60. The van der Waals surface area contributed by atoms with E-state index in [1.54, 1.807) is 0 Å². The van der Waals surface area contributed by atoms with E-state index in [9.17, 15) is 0 Å². The molecule has 2 aromatic rings. The fourth-order valence-electron chi connectivity index (χ4n) is 2.73. The zero-order chi connectivity index (χ0) is 12.0. The molecule has 1 saturated heterocycles. The quantitative estimate of drug-likeness (QED) is 0.842. The van der Waals surface area contributed by atoms with Crippen LogP contribution in [0.3, 0.4) is 0 Å². The molecule has 3 nitrogen and oxygen atoms in total. The highest BCUT2D eigenvalue weighted by molar-refractivity contribution is 6.31. The molecule has 3 rings (SSSR count). The SMILES string of the molecule is CC1NCCC1c1nc2cc(Cl)ccc2n1C.